The molecule has 0 aliphatic carbocycles. The molecule has 8 aromatic heterocycles. The molecule has 10 aromatic rings. The molecule has 17 heteroatoms. The molecular formula is C49H44N14OS2. The molecule has 2 aliphatic rings. The van der Waals surface area contributed by atoms with Crippen molar-refractivity contribution in [2.75, 3.05) is 76.3 Å². The van der Waals surface area contributed by atoms with Crippen LogP contribution in [0.15, 0.2) is 109 Å². The van der Waals surface area contributed by atoms with Crippen molar-refractivity contribution in [1.82, 2.24) is 59.4 Å². The van der Waals surface area contributed by atoms with Crippen LogP contribution in [0, 0.1) is 0 Å². The summed E-state index contributed by atoms with van der Waals surface area (Å²) in [7, 11) is 4.30. The second-order valence-corrected chi connectivity index (χ2v) is 19.3. The maximum Gasteiger partial charge on any atom is 0.217 e. The van der Waals surface area contributed by atoms with Crippen LogP contribution in [0.25, 0.3) is 54.2 Å². The van der Waals surface area contributed by atoms with E-state index in [1.54, 1.807) is 0 Å². The van der Waals surface area contributed by atoms with Gasteiger partial charge in [-0.05, 0) is 98.0 Å². The van der Waals surface area contributed by atoms with E-state index in [1.807, 2.05) is 70.0 Å². The van der Waals surface area contributed by atoms with Crippen LogP contribution in [-0.2, 0) is 12.8 Å². The van der Waals surface area contributed by atoms with Gasteiger partial charge < -0.3 is 19.6 Å². The molecule has 66 heavy (non-hydrogen) atoms. The smallest absolute Gasteiger partial charge is 0.217 e. The molecule has 2 aromatic carbocycles. The predicted molar refractivity (Wildman–Crippen MR) is 260 cm³/mol. The number of aromatic nitrogens is 10. The van der Waals surface area contributed by atoms with E-state index in [1.165, 1.54) is 22.7 Å². The van der Waals surface area contributed by atoms with Crippen molar-refractivity contribution < 1.29 is 4.79 Å². The normalized spacial score (nSPS) is 15.2. The first-order valence-electron chi connectivity index (χ1n) is 22.2. The number of ketones is 1. The number of carbonyl (C=O) groups is 1. The van der Waals surface area contributed by atoms with Gasteiger partial charge in [-0.3, -0.25) is 14.8 Å². The van der Waals surface area contributed by atoms with Gasteiger partial charge in [-0.1, -0.05) is 24.3 Å². The quantitative estimate of drug-likeness (QED) is 0.130. The minimum absolute atomic E-state index is 0.0130. The number of nitrogens with zero attached hydrogens (tertiary/aromatic N) is 14. The van der Waals surface area contributed by atoms with E-state index in [0.29, 0.717) is 33.9 Å². The van der Waals surface area contributed by atoms with Gasteiger partial charge in [0.25, 0.3) is 0 Å². The van der Waals surface area contributed by atoms with Crippen LogP contribution in [0.2, 0.25) is 0 Å². The number of anilines is 2. The molecule has 0 saturated carbocycles. The molecule has 0 N–H and O–H groups in total. The van der Waals surface area contributed by atoms with E-state index >= 15 is 4.79 Å². The van der Waals surface area contributed by atoms with Crippen molar-refractivity contribution in [2.24, 2.45) is 0 Å². The Hall–Kier alpha value is -7.05. The zero-order chi connectivity index (χ0) is 44.3. The average molecular weight is 909 g/mol. The molecular weight excluding hydrogens is 865 g/mol. The summed E-state index contributed by atoms with van der Waals surface area (Å²) in [5.74, 6) is 1.49. The summed E-state index contributed by atoms with van der Waals surface area (Å²) in [4.78, 5) is 37.1. The summed E-state index contributed by atoms with van der Waals surface area (Å²) in [6, 6.07) is 32.8. The van der Waals surface area contributed by atoms with Gasteiger partial charge >= 0.3 is 0 Å². The lowest BCUT2D eigenvalue weighted by Gasteiger charge is -2.34. The molecule has 12 rings (SSSR count). The van der Waals surface area contributed by atoms with Crippen LogP contribution in [-0.4, -0.2) is 132 Å². The monoisotopic (exact) mass is 908 g/mol. The van der Waals surface area contributed by atoms with Gasteiger partial charge in [0, 0.05) is 88.4 Å². The Morgan fingerprint density at radius 2 is 0.985 bits per heavy atom. The topological polar surface area (TPSA) is 142 Å². The molecule has 10 heterocycles. The third-order valence-electron chi connectivity index (χ3n) is 12.7. The van der Waals surface area contributed by atoms with Gasteiger partial charge in [-0.25, -0.2) is 0 Å². The van der Waals surface area contributed by atoms with E-state index in [-0.39, 0.29) is 5.78 Å². The van der Waals surface area contributed by atoms with E-state index in [2.05, 4.69) is 113 Å². The fourth-order valence-electron chi connectivity index (χ4n) is 8.99. The third kappa shape index (κ3) is 7.62. The SMILES string of the molecule is CN1CCN(c2cc(-c3ccc4nnc(Cc5ccc6ncccc6c5)n4n3)sc2C(=O)c2sc(-c3ccc4nnc(Cc5ccc6ncccc6c5)n4n3)cc2N2CCN(C)CC2)CC1. The number of carbonyl (C=O) groups excluding carboxylic acids is 1. The van der Waals surface area contributed by atoms with Gasteiger partial charge in [0.1, 0.15) is 11.4 Å². The van der Waals surface area contributed by atoms with E-state index < -0.39 is 0 Å². The number of hydrogen-bond donors (Lipinski definition) is 0. The first-order chi connectivity index (χ1) is 32.4. The molecule has 0 radical (unpaired) electrons. The van der Waals surface area contributed by atoms with Crippen molar-refractivity contribution in [2.45, 2.75) is 12.8 Å². The highest BCUT2D eigenvalue weighted by molar-refractivity contribution is 7.21. The number of piperazine rings is 2. The van der Waals surface area contributed by atoms with Crippen LogP contribution in [0.4, 0.5) is 11.4 Å². The standard InChI is InChI=1S/C49H44N14OS2/c1-58-17-21-60(22-18-58)39-29-41(37-11-13-43-52-54-45(62(43)56-37)27-31-7-9-35-33(25-31)5-3-15-50-35)65-48(39)47(64)49-40(61-23-19-59(2)20-24-61)30-42(66-49)38-12-14-44-53-55-46(63(44)57-38)28-32-8-10-36-34(26-32)6-4-16-51-36/h3-16,25-26,29-30H,17-24,27-28H2,1-2H3. The lowest BCUT2D eigenvalue weighted by atomic mass is 10.1. The summed E-state index contributed by atoms with van der Waals surface area (Å²) in [5.41, 5.74) is 8.86. The van der Waals surface area contributed by atoms with Gasteiger partial charge in [0.05, 0.1) is 41.9 Å². The highest BCUT2D eigenvalue weighted by Gasteiger charge is 2.31. The lowest BCUT2D eigenvalue weighted by molar-refractivity contribution is 0.104. The molecule has 0 atom stereocenters. The molecule has 328 valence electrons. The summed E-state index contributed by atoms with van der Waals surface area (Å²) in [6.07, 6.45) is 4.73. The lowest BCUT2D eigenvalue weighted by Crippen LogP contribution is -2.45. The zero-order valence-corrected chi connectivity index (χ0v) is 38.1. The number of rotatable bonds is 10. The fourth-order valence-corrected chi connectivity index (χ4v) is 11.2. The highest BCUT2D eigenvalue weighted by Crippen LogP contribution is 2.43. The number of hydrogen-bond acceptors (Lipinski definition) is 15. The Bertz CT molecular complexity index is 3220. The Morgan fingerprint density at radius 3 is 1.44 bits per heavy atom. The zero-order valence-electron chi connectivity index (χ0n) is 36.4. The Labute approximate surface area is 387 Å². The maximum absolute atomic E-state index is 15.5. The highest BCUT2D eigenvalue weighted by atomic mass is 32.1. The summed E-state index contributed by atoms with van der Waals surface area (Å²) in [5, 5.41) is 30.5. The minimum Gasteiger partial charge on any atom is -0.368 e. The summed E-state index contributed by atoms with van der Waals surface area (Å²) >= 11 is 3.02. The van der Waals surface area contributed by atoms with Gasteiger partial charge in [0.2, 0.25) is 5.78 Å². The number of fused-ring (bicyclic) bond motifs is 4. The van der Waals surface area contributed by atoms with Crippen LogP contribution in [0.5, 0.6) is 0 Å². The van der Waals surface area contributed by atoms with E-state index in [0.717, 1.165) is 129 Å². The van der Waals surface area contributed by atoms with Crippen LogP contribution in [0.1, 0.15) is 37.3 Å². The Kier molecular flexibility index (Phi) is 10.3. The predicted octanol–water partition coefficient (Wildman–Crippen LogP) is 7.03. The van der Waals surface area contributed by atoms with Gasteiger partial charge in [-0.2, -0.15) is 19.2 Å². The summed E-state index contributed by atoms with van der Waals surface area (Å²) < 4.78 is 3.67. The number of pyridine rings is 2. The second kappa shape index (κ2) is 16.7. The molecule has 2 fully saturated rings. The van der Waals surface area contributed by atoms with Crippen molar-refractivity contribution >= 4 is 72.9 Å². The van der Waals surface area contributed by atoms with Crippen LogP contribution < -0.4 is 9.80 Å². The van der Waals surface area contributed by atoms with Crippen LogP contribution >= 0.6 is 22.7 Å². The number of likely N-dealkylation sites (N-methyl/N-ethyl adjacent to an activating group) is 2. The van der Waals surface area contributed by atoms with Crippen LogP contribution in [0.3, 0.4) is 0 Å². The first-order valence-corrected chi connectivity index (χ1v) is 23.8. The fraction of sp³-hybridized carbons (Fsp3) is 0.245. The van der Waals surface area contributed by atoms with Gasteiger partial charge in [-0.15, -0.1) is 43.1 Å². The van der Waals surface area contributed by atoms with Crippen molar-refractivity contribution in [1.29, 1.82) is 0 Å². The molecule has 2 aliphatic heterocycles. The van der Waals surface area contributed by atoms with E-state index in [4.69, 9.17) is 10.2 Å². The minimum atomic E-state index is 0.0130. The van der Waals surface area contributed by atoms with Crippen molar-refractivity contribution in [3.8, 4) is 21.1 Å². The first kappa shape index (κ1) is 40.5. The number of benzene rings is 2. The molecule has 0 spiro atoms. The molecule has 2 saturated heterocycles. The van der Waals surface area contributed by atoms with Crippen molar-refractivity contribution in [3.63, 3.8) is 0 Å². The Morgan fingerprint density at radius 1 is 0.530 bits per heavy atom. The second-order valence-electron chi connectivity index (χ2n) is 17.2. The average Bonchev–Trinajstić information content (AvgIpc) is 4.18. The van der Waals surface area contributed by atoms with Gasteiger partial charge in [0.15, 0.2) is 22.9 Å². The largest absolute Gasteiger partial charge is 0.368 e. The molecule has 0 bridgehead atoms. The third-order valence-corrected chi connectivity index (χ3v) is 15.0. The van der Waals surface area contributed by atoms with E-state index in [9.17, 15) is 0 Å². The Balaban J connectivity index is 0.915. The molecule has 0 unspecified atom stereocenters. The summed E-state index contributed by atoms with van der Waals surface area (Å²) in [6.45, 7) is 6.90. The molecule has 15 nitrogen and oxygen atoms in total. The number of thiophene rings is 2. The molecule has 0 amide bonds. The maximum atomic E-state index is 15.5. The van der Waals surface area contributed by atoms with Crippen molar-refractivity contribution in [3.05, 3.63) is 142 Å².